The molecule has 0 bridgehead atoms. The summed E-state index contributed by atoms with van der Waals surface area (Å²) in [6, 6.07) is 16.5. The number of carbonyl (C=O) groups is 3. The van der Waals surface area contributed by atoms with E-state index in [-0.39, 0.29) is 17.9 Å². The Balaban J connectivity index is 1.69. The van der Waals surface area contributed by atoms with E-state index in [1.807, 2.05) is 12.1 Å². The Bertz CT molecular complexity index is 867. The predicted molar refractivity (Wildman–Crippen MR) is 114 cm³/mol. The SMILES string of the molecule is CC(C)[C@@H](NC(=O)Nc1ccccc1)C(=O)O[C@H](C(=O)NC1CC1)c1ccccc1. The van der Waals surface area contributed by atoms with Gasteiger partial charge >= 0.3 is 12.0 Å². The second-order valence-corrected chi connectivity index (χ2v) is 7.70. The molecule has 0 saturated heterocycles. The number of urea groups is 1. The first-order valence-corrected chi connectivity index (χ1v) is 10.1. The number of amides is 3. The van der Waals surface area contributed by atoms with Gasteiger partial charge in [0.1, 0.15) is 6.04 Å². The first-order chi connectivity index (χ1) is 14.4. The van der Waals surface area contributed by atoms with E-state index in [1.165, 1.54) is 0 Å². The second-order valence-electron chi connectivity index (χ2n) is 7.70. The number of para-hydroxylation sites is 1. The minimum Gasteiger partial charge on any atom is -0.446 e. The standard InChI is InChI=1S/C23H27N3O4/c1-15(2)19(26-23(29)25-17-11-7-4-8-12-17)22(28)30-20(16-9-5-3-6-10-16)21(27)24-18-13-14-18/h3-12,15,18-20H,13-14H2,1-2H3,(H,24,27)(H2,25,26,29)/t19-,20+/m1/s1. The number of nitrogens with one attached hydrogen (secondary N) is 3. The maximum absolute atomic E-state index is 12.9. The van der Waals surface area contributed by atoms with Crippen LogP contribution in [0.5, 0.6) is 0 Å². The minimum absolute atomic E-state index is 0.137. The lowest BCUT2D eigenvalue weighted by Crippen LogP contribution is -2.48. The molecule has 0 unspecified atom stereocenters. The van der Waals surface area contributed by atoms with Crippen molar-refractivity contribution in [3.8, 4) is 0 Å². The Hall–Kier alpha value is -3.35. The summed E-state index contributed by atoms with van der Waals surface area (Å²) >= 11 is 0. The largest absolute Gasteiger partial charge is 0.446 e. The summed E-state index contributed by atoms with van der Waals surface area (Å²) in [4.78, 5) is 38.0. The van der Waals surface area contributed by atoms with E-state index in [0.717, 1.165) is 12.8 Å². The molecule has 7 heteroatoms. The lowest BCUT2D eigenvalue weighted by molar-refractivity contribution is -0.159. The zero-order valence-electron chi connectivity index (χ0n) is 17.1. The van der Waals surface area contributed by atoms with E-state index in [9.17, 15) is 14.4 Å². The third-order valence-electron chi connectivity index (χ3n) is 4.74. The monoisotopic (exact) mass is 409 g/mol. The highest BCUT2D eigenvalue weighted by Crippen LogP contribution is 2.24. The number of hydrogen-bond acceptors (Lipinski definition) is 4. The number of anilines is 1. The Labute approximate surface area is 176 Å². The molecule has 30 heavy (non-hydrogen) atoms. The van der Waals surface area contributed by atoms with Gasteiger partial charge in [0, 0.05) is 17.3 Å². The number of benzene rings is 2. The lowest BCUT2D eigenvalue weighted by Gasteiger charge is -2.24. The molecule has 1 aliphatic rings. The maximum atomic E-state index is 12.9. The van der Waals surface area contributed by atoms with Gasteiger partial charge in [-0.1, -0.05) is 62.4 Å². The molecule has 0 spiro atoms. The fourth-order valence-electron chi connectivity index (χ4n) is 2.92. The summed E-state index contributed by atoms with van der Waals surface area (Å²) in [5.41, 5.74) is 1.19. The average Bonchev–Trinajstić information content (AvgIpc) is 3.55. The molecule has 0 radical (unpaired) electrons. The van der Waals surface area contributed by atoms with Gasteiger partial charge in [0.15, 0.2) is 0 Å². The molecular weight excluding hydrogens is 382 g/mol. The second kappa shape index (κ2) is 9.91. The molecule has 158 valence electrons. The fourth-order valence-corrected chi connectivity index (χ4v) is 2.92. The first-order valence-electron chi connectivity index (χ1n) is 10.1. The van der Waals surface area contributed by atoms with E-state index >= 15 is 0 Å². The summed E-state index contributed by atoms with van der Waals surface area (Å²) in [6.45, 7) is 3.60. The van der Waals surface area contributed by atoms with Crippen LogP contribution in [0.1, 0.15) is 38.4 Å². The van der Waals surface area contributed by atoms with Gasteiger partial charge in [0.25, 0.3) is 5.91 Å². The number of hydrogen-bond donors (Lipinski definition) is 3. The van der Waals surface area contributed by atoms with Gasteiger partial charge in [-0.05, 0) is 30.9 Å². The van der Waals surface area contributed by atoms with Crippen LogP contribution in [0.4, 0.5) is 10.5 Å². The van der Waals surface area contributed by atoms with Crippen molar-refractivity contribution < 1.29 is 19.1 Å². The van der Waals surface area contributed by atoms with Crippen molar-refractivity contribution in [3.05, 3.63) is 66.2 Å². The minimum atomic E-state index is -1.07. The molecule has 3 N–H and O–H groups in total. The van der Waals surface area contributed by atoms with Gasteiger partial charge in [-0.3, -0.25) is 4.79 Å². The molecule has 1 saturated carbocycles. The van der Waals surface area contributed by atoms with Gasteiger partial charge < -0.3 is 20.7 Å². The van der Waals surface area contributed by atoms with Crippen LogP contribution in [0.25, 0.3) is 0 Å². The zero-order chi connectivity index (χ0) is 21.5. The van der Waals surface area contributed by atoms with Crippen LogP contribution in [0.15, 0.2) is 60.7 Å². The Morgan fingerprint density at radius 1 is 0.933 bits per heavy atom. The van der Waals surface area contributed by atoms with E-state index in [0.29, 0.717) is 11.3 Å². The van der Waals surface area contributed by atoms with E-state index < -0.39 is 24.1 Å². The Morgan fingerprint density at radius 3 is 2.10 bits per heavy atom. The maximum Gasteiger partial charge on any atom is 0.330 e. The molecule has 3 amide bonds. The summed E-state index contributed by atoms with van der Waals surface area (Å²) in [5, 5.41) is 8.23. The van der Waals surface area contributed by atoms with Crippen molar-refractivity contribution in [1.82, 2.24) is 10.6 Å². The van der Waals surface area contributed by atoms with Crippen molar-refractivity contribution in [3.63, 3.8) is 0 Å². The lowest BCUT2D eigenvalue weighted by atomic mass is 10.0. The predicted octanol–water partition coefficient (Wildman–Crippen LogP) is 3.40. The zero-order valence-corrected chi connectivity index (χ0v) is 17.1. The van der Waals surface area contributed by atoms with Crippen molar-refractivity contribution in [2.24, 2.45) is 5.92 Å². The molecular formula is C23H27N3O4. The molecule has 7 nitrogen and oxygen atoms in total. The highest BCUT2D eigenvalue weighted by Gasteiger charge is 2.34. The molecule has 0 aliphatic heterocycles. The van der Waals surface area contributed by atoms with Crippen LogP contribution in [0.2, 0.25) is 0 Å². The fraction of sp³-hybridized carbons (Fsp3) is 0.348. The molecule has 2 aromatic carbocycles. The van der Waals surface area contributed by atoms with Crippen LogP contribution >= 0.6 is 0 Å². The van der Waals surface area contributed by atoms with Gasteiger partial charge in [0.2, 0.25) is 6.10 Å². The molecule has 2 atom stereocenters. The summed E-state index contributed by atoms with van der Waals surface area (Å²) < 4.78 is 5.61. The average molecular weight is 409 g/mol. The smallest absolute Gasteiger partial charge is 0.330 e. The first kappa shape index (κ1) is 21.4. The molecule has 0 heterocycles. The van der Waals surface area contributed by atoms with Gasteiger partial charge in [-0.25, -0.2) is 9.59 Å². The number of ether oxygens (including phenoxy) is 1. The van der Waals surface area contributed by atoms with Gasteiger partial charge in [-0.15, -0.1) is 0 Å². The van der Waals surface area contributed by atoms with Gasteiger partial charge in [-0.2, -0.15) is 0 Å². The van der Waals surface area contributed by atoms with Crippen LogP contribution in [-0.2, 0) is 14.3 Å². The summed E-state index contributed by atoms with van der Waals surface area (Å²) in [5.74, 6) is -1.25. The summed E-state index contributed by atoms with van der Waals surface area (Å²) in [6.07, 6.45) is 0.785. The van der Waals surface area contributed by atoms with Crippen molar-refractivity contribution in [2.45, 2.75) is 44.9 Å². The molecule has 0 aromatic heterocycles. The van der Waals surface area contributed by atoms with Crippen LogP contribution in [0, 0.1) is 5.92 Å². The number of carbonyl (C=O) groups excluding carboxylic acids is 3. The quantitative estimate of drug-likeness (QED) is 0.582. The highest BCUT2D eigenvalue weighted by atomic mass is 16.5. The number of esters is 1. The normalized spacial score (nSPS) is 15.0. The Morgan fingerprint density at radius 2 is 1.53 bits per heavy atom. The van der Waals surface area contributed by atoms with Crippen molar-refractivity contribution >= 4 is 23.6 Å². The Kier molecular flexibility index (Phi) is 7.06. The third kappa shape index (κ3) is 6.07. The van der Waals surface area contributed by atoms with Crippen molar-refractivity contribution in [1.29, 1.82) is 0 Å². The molecule has 1 fully saturated rings. The topological polar surface area (TPSA) is 96.5 Å². The van der Waals surface area contributed by atoms with E-state index in [1.54, 1.807) is 62.4 Å². The molecule has 1 aliphatic carbocycles. The van der Waals surface area contributed by atoms with Crippen LogP contribution < -0.4 is 16.0 Å². The molecule has 2 aromatic rings. The van der Waals surface area contributed by atoms with Gasteiger partial charge in [0.05, 0.1) is 0 Å². The van der Waals surface area contributed by atoms with E-state index in [2.05, 4.69) is 16.0 Å². The van der Waals surface area contributed by atoms with E-state index in [4.69, 9.17) is 4.74 Å². The van der Waals surface area contributed by atoms with Crippen molar-refractivity contribution in [2.75, 3.05) is 5.32 Å². The molecule has 3 rings (SSSR count). The summed E-state index contributed by atoms with van der Waals surface area (Å²) in [7, 11) is 0. The number of rotatable bonds is 8. The highest BCUT2D eigenvalue weighted by molar-refractivity contribution is 5.93. The third-order valence-corrected chi connectivity index (χ3v) is 4.74. The van der Waals surface area contributed by atoms with Crippen LogP contribution in [0.3, 0.4) is 0 Å². The van der Waals surface area contributed by atoms with Crippen LogP contribution in [-0.4, -0.2) is 30.0 Å².